The standard InChI is InChI=1S/C21H26N4O2/c1-16(2)27-20-15-19(22-17(3)23-20)24-11-13-25(14-12-24)21(26)10-9-18-7-5-4-6-8-18/h4-10,15-16H,11-14H2,1-3H3. The Morgan fingerprint density at radius 1 is 1.11 bits per heavy atom. The summed E-state index contributed by atoms with van der Waals surface area (Å²) in [5, 5.41) is 0. The molecule has 6 nitrogen and oxygen atoms in total. The molecule has 0 spiro atoms. The number of aryl methyl sites for hydroxylation is 1. The Morgan fingerprint density at radius 3 is 2.48 bits per heavy atom. The molecule has 0 N–H and O–H groups in total. The molecule has 0 radical (unpaired) electrons. The van der Waals surface area contributed by atoms with Crippen LogP contribution in [0.1, 0.15) is 25.2 Å². The highest BCUT2D eigenvalue weighted by Gasteiger charge is 2.21. The summed E-state index contributed by atoms with van der Waals surface area (Å²) >= 11 is 0. The van der Waals surface area contributed by atoms with Gasteiger partial charge in [-0.05, 0) is 32.4 Å². The number of aromatic nitrogens is 2. The highest BCUT2D eigenvalue weighted by Crippen LogP contribution is 2.20. The predicted octanol–water partition coefficient (Wildman–Crippen LogP) is 2.93. The third-order valence-electron chi connectivity index (χ3n) is 4.29. The molecule has 27 heavy (non-hydrogen) atoms. The van der Waals surface area contributed by atoms with E-state index in [1.165, 1.54) is 0 Å². The molecule has 0 bridgehead atoms. The fourth-order valence-corrected chi connectivity index (χ4v) is 2.98. The summed E-state index contributed by atoms with van der Waals surface area (Å²) in [6, 6.07) is 11.7. The van der Waals surface area contributed by atoms with Crippen molar-refractivity contribution < 1.29 is 9.53 Å². The van der Waals surface area contributed by atoms with Gasteiger partial charge in [0.1, 0.15) is 11.6 Å². The van der Waals surface area contributed by atoms with Gasteiger partial charge >= 0.3 is 0 Å². The van der Waals surface area contributed by atoms with Gasteiger partial charge in [0.2, 0.25) is 11.8 Å². The van der Waals surface area contributed by atoms with Crippen molar-refractivity contribution in [1.29, 1.82) is 0 Å². The summed E-state index contributed by atoms with van der Waals surface area (Å²) in [5.74, 6) is 2.18. The van der Waals surface area contributed by atoms with Gasteiger partial charge < -0.3 is 14.5 Å². The molecule has 1 saturated heterocycles. The number of hydrogen-bond donors (Lipinski definition) is 0. The van der Waals surface area contributed by atoms with Crippen molar-refractivity contribution in [2.45, 2.75) is 26.9 Å². The van der Waals surface area contributed by atoms with E-state index in [9.17, 15) is 4.79 Å². The van der Waals surface area contributed by atoms with E-state index in [1.807, 2.05) is 68.1 Å². The van der Waals surface area contributed by atoms with E-state index in [1.54, 1.807) is 6.08 Å². The molecule has 1 fully saturated rings. The van der Waals surface area contributed by atoms with Gasteiger partial charge in [0.25, 0.3) is 0 Å². The molecule has 2 heterocycles. The molecule has 2 aromatic rings. The lowest BCUT2D eigenvalue weighted by Gasteiger charge is -2.35. The number of carbonyl (C=O) groups is 1. The Kier molecular flexibility index (Phi) is 6.06. The third-order valence-corrected chi connectivity index (χ3v) is 4.29. The van der Waals surface area contributed by atoms with Crippen LogP contribution in [0.3, 0.4) is 0 Å². The monoisotopic (exact) mass is 366 g/mol. The van der Waals surface area contributed by atoms with Crippen molar-refractivity contribution >= 4 is 17.8 Å². The van der Waals surface area contributed by atoms with Gasteiger partial charge in [-0.1, -0.05) is 30.3 Å². The summed E-state index contributed by atoms with van der Waals surface area (Å²) in [4.78, 5) is 25.3. The number of piperazine rings is 1. The van der Waals surface area contributed by atoms with Crippen LogP contribution < -0.4 is 9.64 Å². The van der Waals surface area contributed by atoms with Gasteiger partial charge in [0, 0.05) is 38.3 Å². The second kappa shape index (κ2) is 8.66. The van der Waals surface area contributed by atoms with Crippen LogP contribution in [0.4, 0.5) is 5.82 Å². The van der Waals surface area contributed by atoms with E-state index in [-0.39, 0.29) is 12.0 Å². The molecule has 1 aromatic heterocycles. The minimum Gasteiger partial charge on any atom is -0.475 e. The molecule has 1 aromatic carbocycles. The van der Waals surface area contributed by atoms with Crippen molar-refractivity contribution in [3.8, 4) is 5.88 Å². The van der Waals surface area contributed by atoms with E-state index < -0.39 is 0 Å². The Labute approximate surface area is 160 Å². The fourth-order valence-electron chi connectivity index (χ4n) is 2.98. The van der Waals surface area contributed by atoms with Crippen LogP contribution in [0.2, 0.25) is 0 Å². The lowest BCUT2D eigenvalue weighted by Crippen LogP contribution is -2.48. The van der Waals surface area contributed by atoms with Crippen LogP contribution in [-0.2, 0) is 4.79 Å². The zero-order chi connectivity index (χ0) is 19.2. The van der Waals surface area contributed by atoms with Crippen molar-refractivity contribution in [2.75, 3.05) is 31.1 Å². The molecule has 0 unspecified atom stereocenters. The maximum atomic E-state index is 12.4. The lowest BCUT2D eigenvalue weighted by atomic mass is 10.2. The van der Waals surface area contributed by atoms with Crippen LogP contribution in [-0.4, -0.2) is 53.1 Å². The second-order valence-corrected chi connectivity index (χ2v) is 6.83. The molecule has 0 saturated carbocycles. The van der Waals surface area contributed by atoms with Gasteiger partial charge in [-0.25, -0.2) is 4.98 Å². The molecule has 142 valence electrons. The second-order valence-electron chi connectivity index (χ2n) is 6.83. The van der Waals surface area contributed by atoms with Crippen LogP contribution in [0.25, 0.3) is 6.08 Å². The number of hydrogen-bond acceptors (Lipinski definition) is 5. The van der Waals surface area contributed by atoms with Crippen molar-refractivity contribution in [3.63, 3.8) is 0 Å². The normalized spacial score (nSPS) is 14.8. The van der Waals surface area contributed by atoms with E-state index in [0.29, 0.717) is 24.8 Å². The Morgan fingerprint density at radius 2 is 1.81 bits per heavy atom. The number of nitrogens with zero attached hydrogens (tertiary/aromatic N) is 4. The van der Waals surface area contributed by atoms with Crippen molar-refractivity contribution in [3.05, 3.63) is 53.9 Å². The van der Waals surface area contributed by atoms with Gasteiger partial charge in [-0.15, -0.1) is 0 Å². The summed E-state index contributed by atoms with van der Waals surface area (Å²) < 4.78 is 5.71. The smallest absolute Gasteiger partial charge is 0.246 e. The van der Waals surface area contributed by atoms with Gasteiger partial charge in [-0.3, -0.25) is 4.79 Å². The summed E-state index contributed by atoms with van der Waals surface area (Å²) in [6.45, 7) is 8.63. The minimum absolute atomic E-state index is 0.0428. The summed E-state index contributed by atoms with van der Waals surface area (Å²) in [6.07, 6.45) is 3.57. The number of amides is 1. The third kappa shape index (κ3) is 5.29. The molecule has 1 aliphatic heterocycles. The van der Waals surface area contributed by atoms with E-state index in [2.05, 4.69) is 14.9 Å². The zero-order valence-corrected chi connectivity index (χ0v) is 16.1. The van der Waals surface area contributed by atoms with Gasteiger partial charge in [0.15, 0.2) is 0 Å². The molecular formula is C21H26N4O2. The number of ether oxygens (including phenoxy) is 1. The number of rotatable bonds is 5. The van der Waals surface area contributed by atoms with Gasteiger partial charge in [-0.2, -0.15) is 4.98 Å². The van der Waals surface area contributed by atoms with Gasteiger partial charge in [0.05, 0.1) is 6.10 Å². The first kappa shape index (κ1) is 18.9. The number of benzene rings is 1. The average Bonchev–Trinajstić information content (AvgIpc) is 2.66. The first-order valence-electron chi connectivity index (χ1n) is 9.30. The number of anilines is 1. The van der Waals surface area contributed by atoms with Crippen LogP contribution in [0.15, 0.2) is 42.5 Å². The molecule has 0 aliphatic carbocycles. The average molecular weight is 366 g/mol. The summed E-state index contributed by atoms with van der Waals surface area (Å²) in [5.41, 5.74) is 1.03. The molecule has 1 amide bonds. The minimum atomic E-state index is 0.0428. The number of carbonyl (C=O) groups excluding carboxylic acids is 1. The molecule has 0 atom stereocenters. The molecule has 6 heteroatoms. The lowest BCUT2D eigenvalue weighted by molar-refractivity contribution is -0.126. The van der Waals surface area contributed by atoms with Crippen molar-refractivity contribution in [2.24, 2.45) is 0 Å². The maximum Gasteiger partial charge on any atom is 0.246 e. The quantitative estimate of drug-likeness (QED) is 0.762. The van der Waals surface area contributed by atoms with E-state index in [0.717, 1.165) is 24.5 Å². The first-order chi connectivity index (χ1) is 13.0. The van der Waals surface area contributed by atoms with E-state index >= 15 is 0 Å². The Balaban J connectivity index is 1.59. The molecular weight excluding hydrogens is 340 g/mol. The SMILES string of the molecule is Cc1nc(OC(C)C)cc(N2CCN(C(=O)C=Cc3ccccc3)CC2)n1. The van der Waals surface area contributed by atoms with Crippen molar-refractivity contribution in [1.82, 2.24) is 14.9 Å². The largest absolute Gasteiger partial charge is 0.475 e. The predicted molar refractivity (Wildman–Crippen MR) is 107 cm³/mol. The Hall–Kier alpha value is -2.89. The van der Waals surface area contributed by atoms with Crippen LogP contribution >= 0.6 is 0 Å². The Bertz CT molecular complexity index is 797. The fraction of sp³-hybridized carbons (Fsp3) is 0.381. The maximum absolute atomic E-state index is 12.4. The van der Waals surface area contributed by atoms with E-state index in [4.69, 9.17) is 4.74 Å². The zero-order valence-electron chi connectivity index (χ0n) is 16.1. The van der Waals surface area contributed by atoms with Crippen LogP contribution in [0.5, 0.6) is 5.88 Å². The van der Waals surface area contributed by atoms with Crippen LogP contribution in [0, 0.1) is 6.92 Å². The highest BCUT2D eigenvalue weighted by atomic mass is 16.5. The first-order valence-corrected chi connectivity index (χ1v) is 9.30. The highest BCUT2D eigenvalue weighted by molar-refractivity contribution is 5.91. The molecule has 1 aliphatic rings. The molecule has 3 rings (SSSR count). The topological polar surface area (TPSA) is 58.6 Å². The summed E-state index contributed by atoms with van der Waals surface area (Å²) in [7, 11) is 0.